The molecule has 0 aliphatic heterocycles. The van der Waals surface area contributed by atoms with E-state index < -0.39 is 5.82 Å². The third-order valence-corrected chi connectivity index (χ3v) is 2.99. The zero-order chi connectivity index (χ0) is 14.4. The maximum atomic E-state index is 13.0. The van der Waals surface area contributed by atoms with Crippen molar-refractivity contribution >= 4 is 17.5 Å². The predicted octanol–water partition coefficient (Wildman–Crippen LogP) is 3.04. The first-order valence-corrected chi connectivity index (χ1v) is 6.75. The fourth-order valence-electron chi connectivity index (χ4n) is 1.70. The van der Waals surface area contributed by atoms with Crippen molar-refractivity contribution in [1.82, 2.24) is 10.6 Å². The molecule has 0 spiro atoms. The van der Waals surface area contributed by atoms with Gasteiger partial charge in [-0.3, -0.25) is 4.79 Å². The fraction of sp³-hybridized carbons (Fsp3) is 0.500. The van der Waals surface area contributed by atoms with Gasteiger partial charge in [0.15, 0.2) is 0 Å². The van der Waals surface area contributed by atoms with E-state index in [1.165, 1.54) is 6.07 Å². The van der Waals surface area contributed by atoms with Gasteiger partial charge in [0.05, 0.1) is 5.02 Å². The van der Waals surface area contributed by atoms with Crippen molar-refractivity contribution in [3.8, 4) is 0 Å². The summed E-state index contributed by atoms with van der Waals surface area (Å²) in [5.74, 6) is -0.402. The second-order valence-electron chi connectivity index (χ2n) is 4.82. The summed E-state index contributed by atoms with van der Waals surface area (Å²) in [6.45, 7) is 6.36. The third kappa shape index (κ3) is 5.57. The maximum Gasteiger partial charge on any atom is 0.221 e. The molecule has 1 atom stereocenters. The number of hydrogen-bond donors (Lipinski definition) is 2. The lowest BCUT2D eigenvalue weighted by Gasteiger charge is -2.15. The zero-order valence-electron chi connectivity index (χ0n) is 11.5. The molecule has 1 rings (SSSR count). The van der Waals surface area contributed by atoms with Crippen LogP contribution in [-0.2, 0) is 4.79 Å². The van der Waals surface area contributed by atoms with E-state index in [1.807, 2.05) is 20.8 Å². The fourth-order valence-corrected chi connectivity index (χ4v) is 1.88. The molecule has 3 nitrogen and oxygen atoms in total. The van der Waals surface area contributed by atoms with Crippen LogP contribution in [0.3, 0.4) is 0 Å². The van der Waals surface area contributed by atoms with E-state index >= 15 is 0 Å². The number of rotatable bonds is 6. The highest BCUT2D eigenvalue weighted by molar-refractivity contribution is 6.30. The van der Waals surface area contributed by atoms with Gasteiger partial charge in [0, 0.05) is 25.0 Å². The Hall–Kier alpha value is -1.13. The average Bonchev–Trinajstić information content (AvgIpc) is 2.31. The van der Waals surface area contributed by atoms with Gasteiger partial charge in [0.1, 0.15) is 5.82 Å². The molecule has 0 fully saturated rings. The van der Waals surface area contributed by atoms with E-state index in [0.29, 0.717) is 13.0 Å². The molecule has 1 unspecified atom stereocenters. The molecule has 19 heavy (non-hydrogen) atoms. The predicted molar refractivity (Wildman–Crippen MR) is 75.7 cm³/mol. The Morgan fingerprint density at radius 3 is 2.63 bits per heavy atom. The van der Waals surface area contributed by atoms with Crippen molar-refractivity contribution in [3.05, 3.63) is 34.6 Å². The van der Waals surface area contributed by atoms with Crippen molar-refractivity contribution in [2.24, 2.45) is 0 Å². The van der Waals surface area contributed by atoms with Gasteiger partial charge in [-0.15, -0.1) is 0 Å². The molecule has 1 aromatic rings. The summed E-state index contributed by atoms with van der Waals surface area (Å²) in [7, 11) is 0. The van der Waals surface area contributed by atoms with Crippen molar-refractivity contribution in [2.45, 2.75) is 39.3 Å². The number of amides is 1. The van der Waals surface area contributed by atoms with Crippen LogP contribution in [0.5, 0.6) is 0 Å². The molecule has 0 saturated carbocycles. The van der Waals surface area contributed by atoms with Crippen LogP contribution in [-0.4, -0.2) is 18.5 Å². The normalized spacial score (nSPS) is 12.5. The van der Waals surface area contributed by atoms with Gasteiger partial charge in [-0.25, -0.2) is 4.39 Å². The van der Waals surface area contributed by atoms with E-state index in [-0.39, 0.29) is 23.0 Å². The second-order valence-corrected chi connectivity index (χ2v) is 5.23. The summed E-state index contributed by atoms with van der Waals surface area (Å²) in [6, 6.07) is 4.81. The Kier molecular flexibility index (Phi) is 6.25. The Bertz CT molecular complexity index is 437. The van der Waals surface area contributed by atoms with Crippen molar-refractivity contribution in [1.29, 1.82) is 0 Å². The molecule has 0 aromatic heterocycles. The lowest BCUT2D eigenvalue weighted by molar-refractivity contribution is -0.121. The molecule has 106 valence electrons. The lowest BCUT2D eigenvalue weighted by atomic mass is 10.1. The van der Waals surface area contributed by atoms with Crippen LogP contribution in [0.1, 0.15) is 38.8 Å². The van der Waals surface area contributed by atoms with Gasteiger partial charge >= 0.3 is 0 Å². The molecule has 0 heterocycles. The van der Waals surface area contributed by atoms with E-state index in [0.717, 1.165) is 5.56 Å². The molecule has 2 N–H and O–H groups in total. The highest BCUT2D eigenvalue weighted by Crippen LogP contribution is 2.20. The maximum absolute atomic E-state index is 13.0. The second kappa shape index (κ2) is 7.46. The SMILES string of the molecule is CC(C)NC(=O)CCNC(C)c1ccc(F)c(Cl)c1. The molecule has 5 heteroatoms. The van der Waals surface area contributed by atoms with E-state index in [1.54, 1.807) is 12.1 Å². The Morgan fingerprint density at radius 1 is 1.37 bits per heavy atom. The minimum Gasteiger partial charge on any atom is -0.354 e. The number of nitrogens with one attached hydrogen (secondary N) is 2. The smallest absolute Gasteiger partial charge is 0.221 e. The third-order valence-electron chi connectivity index (χ3n) is 2.70. The number of hydrogen-bond acceptors (Lipinski definition) is 2. The van der Waals surface area contributed by atoms with Crippen LogP contribution >= 0.6 is 11.6 Å². The molecule has 0 radical (unpaired) electrons. The number of benzene rings is 1. The molecule has 0 saturated heterocycles. The van der Waals surface area contributed by atoms with Gasteiger partial charge in [0.2, 0.25) is 5.91 Å². The summed E-state index contributed by atoms with van der Waals surface area (Å²) in [4.78, 5) is 11.4. The molecule has 1 aromatic carbocycles. The highest BCUT2D eigenvalue weighted by Gasteiger charge is 2.09. The summed E-state index contributed by atoms with van der Waals surface area (Å²) in [5.41, 5.74) is 0.899. The lowest BCUT2D eigenvalue weighted by Crippen LogP contribution is -2.33. The van der Waals surface area contributed by atoms with E-state index in [4.69, 9.17) is 11.6 Å². The first-order valence-electron chi connectivity index (χ1n) is 6.38. The van der Waals surface area contributed by atoms with Crippen LogP contribution in [0.15, 0.2) is 18.2 Å². The minimum absolute atomic E-state index is 0.0185. The molecular weight excluding hydrogens is 267 g/mol. The van der Waals surface area contributed by atoms with Gasteiger partial charge < -0.3 is 10.6 Å². The topological polar surface area (TPSA) is 41.1 Å². The van der Waals surface area contributed by atoms with Gasteiger partial charge in [0.25, 0.3) is 0 Å². The van der Waals surface area contributed by atoms with Crippen LogP contribution < -0.4 is 10.6 Å². The van der Waals surface area contributed by atoms with Crippen molar-refractivity contribution in [2.75, 3.05) is 6.54 Å². The summed E-state index contributed by atoms with van der Waals surface area (Å²) in [6.07, 6.45) is 0.414. The molecule has 0 aliphatic carbocycles. The van der Waals surface area contributed by atoms with Crippen LogP contribution in [0.4, 0.5) is 4.39 Å². The zero-order valence-corrected chi connectivity index (χ0v) is 12.2. The van der Waals surface area contributed by atoms with Gasteiger partial charge in [-0.2, -0.15) is 0 Å². The molecule has 0 bridgehead atoms. The number of halogens is 2. The Morgan fingerprint density at radius 2 is 2.05 bits per heavy atom. The first kappa shape index (κ1) is 15.9. The van der Waals surface area contributed by atoms with Crippen LogP contribution in [0.2, 0.25) is 5.02 Å². The largest absolute Gasteiger partial charge is 0.354 e. The van der Waals surface area contributed by atoms with E-state index in [2.05, 4.69) is 10.6 Å². The Labute approximate surface area is 118 Å². The minimum atomic E-state index is -0.422. The number of carbonyl (C=O) groups excluding carboxylic acids is 1. The van der Waals surface area contributed by atoms with Gasteiger partial charge in [-0.1, -0.05) is 17.7 Å². The first-order chi connectivity index (χ1) is 8.90. The molecular formula is C14H20ClFN2O. The summed E-state index contributed by atoms with van der Waals surface area (Å²) >= 11 is 5.73. The highest BCUT2D eigenvalue weighted by atomic mass is 35.5. The summed E-state index contributed by atoms with van der Waals surface area (Å²) in [5, 5.41) is 6.15. The van der Waals surface area contributed by atoms with Crippen LogP contribution in [0, 0.1) is 5.82 Å². The average molecular weight is 287 g/mol. The van der Waals surface area contributed by atoms with Crippen molar-refractivity contribution in [3.63, 3.8) is 0 Å². The summed E-state index contributed by atoms with van der Waals surface area (Å²) < 4.78 is 13.0. The van der Waals surface area contributed by atoms with Crippen LogP contribution in [0.25, 0.3) is 0 Å². The van der Waals surface area contributed by atoms with Gasteiger partial charge in [-0.05, 0) is 38.5 Å². The molecule has 1 amide bonds. The van der Waals surface area contributed by atoms with Crippen molar-refractivity contribution < 1.29 is 9.18 Å². The standard InChI is InChI=1S/C14H20ClFN2O/c1-9(2)18-14(19)6-7-17-10(3)11-4-5-13(16)12(15)8-11/h4-5,8-10,17H,6-7H2,1-3H3,(H,18,19). The molecule has 0 aliphatic rings. The quantitative estimate of drug-likeness (QED) is 0.844. The monoisotopic (exact) mass is 286 g/mol. The Balaban J connectivity index is 2.40. The van der Waals surface area contributed by atoms with E-state index in [9.17, 15) is 9.18 Å². The number of carbonyl (C=O) groups is 1.